The second kappa shape index (κ2) is 5.64. The van der Waals surface area contributed by atoms with Gasteiger partial charge in [-0.15, -0.1) is 0 Å². The zero-order chi connectivity index (χ0) is 16.6. The molecular weight excluding hydrogens is 308 g/mol. The molecule has 0 bridgehead atoms. The molecule has 5 rings (SSSR count). The summed E-state index contributed by atoms with van der Waals surface area (Å²) in [6.07, 6.45) is 1.86. The van der Waals surface area contributed by atoms with E-state index in [1.165, 1.54) is 10.9 Å². The first-order chi connectivity index (χ1) is 12.4. The maximum absolute atomic E-state index is 6.08. The van der Waals surface area contributed by atoms with E-state index in [1.54, 1.807) is 0 Å². The molecule has 0 spiro atoms. The van der Waals surface area contributed by atoms with Gasteiger partial charge in [0, 0.05) is 28.9 Å². The van der Waals surface area contributed by atoms with Crippen molar-refractivity contribution in [1.29, 1.82) is 0 Å². The molecule has 3 aromatic carbocycles. The molecule has 0 saturated carbocycles. The van der Waals surface area contributed by atoms with Crippen LogP contribution in [0.5, 0.6) is 0 Å². The molecule has 0 fully saturated rings. The Morgan fingerprint density at radius 3 is 2.52 bits per heavy atom. The van der Waals surface area contributed by atoms with E-state index in [0.717, 1.165) is 39.7 Å². The Morgan fingerprint density at radius 1 is 0.760 bits per heavy atom. The van der Waals surface area contributed by atoms with Crippen LogP contribution in [0.3, 0.4) is 0 Å². The van der Waals surface area contributed by atoms with Gasteiger partial charge in [-0.05, 0) is 29.8 Å². The monoisotopic (exact) mass is 324 g/mol. The van der Waals surface area contributed by atoms with Crippen LogP contribution >= 0.6 is 0 Å². The SMILES string of the molecule is c1ccc2c(CNc3cccc4c3oc3ccccc34)ccnc2c1. The number of furan rings is 1. The van der Waals surface area contributed by atoms with Crippen molar-refractivity contribution < 1.29 is 4.42 Å². The average Bonchev–Trinajstić information content (AvgIpc) is 3.06. The first-order valence-corrected chi connectivity index (χ1v) is 8.37. The minimum atomic E-state index is 0.721. The van der Waals surface area contributed by atoms with Crippen LogP contribution in [0.15, 0.2) is 83.4 Å². The fourth-order valence-corrected chi connectivity index (χ4v) is 3.39. The molecule has 0 aliphatic carbocycles. The van der Waals surface area contributed by atoms with Crippen molar-refractivity contribution in [2.75, 3.05) is 5.32 Å². The lowest BCUT2D eigenvalue weighted by Crippen LogP contribution is -2.00. The normalized spacial score (nSPS) is 11.4. The van der Waals surface area contributed by atoms with Gasteiger partial charge in [-0.25, -0.2) is 0 Å². The summed E-state index contributed by atoms with van der Waals surface area (Å²) in [7, 11) is 0. The van der Waals surface area contributed by atoms with Crippen molar-refractivity contribution in [1.82, 2.24) is 4.98 Å². The van der Waals surface area contributed by atoms with Crippen molar-refractivity contribution in [2.24, 2.45) is 0 Å². The molecule has 5 aromatic rings. The Labute approximate surface area is 144 Å². The highest BCUT2D eigenvalue weighted by Crippen LogP contribution is 2.33. The summed E-state index contributed by atoms with van der Waals surface area (Å²) in [5, 5.41) is 7.00. The number of aromatic nitrogens is 1. The molecule has 2 aromatic heterocycles. The van der Waals surface area contributed by atoms with Crippen molar-refractivity contribution in [3.8, 4) is 0 Å². The van der Waals surface area contributed by atoms with E-state index in [2.05, 4.69) is 46.7 Å². The summed E-state index contributed by atoms with van der Waals surface area (Å²) < 4.78 is 6.08. The molecule has 120 valence electrons. The highest BCUT2D eigenvalue weighted by molar-refractivity contribution is 6.08. The number of anilines is 1. The quantitative estimate of drug-likeness (QED) is 0.459. The second-order valence-corrected chi connectivity index (χ2v) is 6.12. The first kappa shape index (κ1) is 14.1. The molecule has 0 saturated heterocycles. The van der Waals surface area contributed by atoms with E-state index >= 15 is 0 Å². The fraction of sp³-hybridized carbons (Fsp3) is 0.0455. The third-order valence-corrected chi connectivity index (χ3v) is 4.61. The second-order valence-electron chi connectivity index (χ2n) is 6.12. The van der Waals surface area contributed by atoms with Gasteiger partial charge in [-0.2, -0.15) is 0 Å². The van der Waals surface area contributed by atoms with Gasteiger partial charge < -0.3 is 9.73 Å². The predicted molar refractivity (Wildman–Crippen MR) is 103 cm³/mol. The Hall–Kier alpha value is -3.33. The van der Waals surface area contributed by atoms with Crippen LogP contribution in [0.4, 0.5) is 5.69 Å². The lowest BCUT2D eigenvalue weighted by atomic mass is 10.1. The van der Waals surface area contributed by atoms with Gasteiger partial charge in [0.05, 0.1) is 11.2 Å². The van der Waals surface area contributed by atoms with Gasteiger partial charge in [-0.1, -0.05) is 48.5 Å². The number of hydrogen-bond donors (Lipinski definition) is 1. The number of fused-ring (bicyclic) bond motifs is 4. The molecule has 0 amide bonds. The highest BCUT2D eigenvalue weighted by Gasteiger charge is 2.10. The maximum Gasteiger partial charge on any atom is 0.158 e. The Kier molecular flexibility index (Phi) is 3.17. The molecule has 2 heterocycles. The van der Waals surface area contributed by atoms with Crippen molar-refractivity contribution in [2.45, 2.75) is 6.54 Å². The van der Waals surface area contributed by atoms with Gasteiger partial charge in [0.25, 0.3) is 0 Å². The molecule has 0 aliphatic heterocycles. The van der Waals surface area contributed by atoms with Gasteiger partial charge in [0.2, 0.25) is 0 Å². The van der Waals surface area contributed by atoms with Crippen LogP contribution in [0.25, 0.3) is 32.8 Å². The Balaban J connectivity index is 1.56. The molecule has 0 unspecified atom stereocenters. The zero-order valence-corrected chi connectivity index (χ0v) is 13.6. The standard InChI is InChI=1S/C22H16N2O/c1-3-9-19-16(6-1)15(12-13-23-19)14-24-20-10-5-8-18-17-7-2-4-11-21(17)25-22(18)20/h1-13,24H,14H2. The Bertz CT molecular complexity index is 1200. The molecule has 3 nitrogen and oxygen atoms in total. The minimum absolute atomic E-state index is 0.721. The third-order valence-electron chi connectivity index (χ3n) is 4.61. The molecule has 3 heteroatoms. The van der Waals surface area contributed by atoms with E-state index in [9.17, 15) is 0 Å². The minimum Gasteiger partial charge on any atom is -0.454 e. The summed E-state index contributed by atoms with van der Waals surface area (Å²) in [5.41, 5.74) is 5.07. The maximum atomic E-state index is 6.08. The van der Waals surface area contributed by atoms with Crippen LogP contribution in [0.2, 0.25) is 0 Å². The van der Waals surface area contributed by atoms with Crippen molar-refractivity contribution in [3.63, 3.8) is 0 Å². The lowest BCUT2D eigenvalue weighted by molar-refractivity contribution is 0.669. The van der Waals surface area contributed by atoms with Crippen LogP contribution < -0.4 is 5.32 Å². The topological polar surface area (TPSA) is 38.1 Å². The van der Waals surface area contributed by atoms with Crippen LogP contribution in [-0.4, -0.2) is 4.98 Å². The summed E-state index contributed by atoms with van der Waals surface area (Å²) in [6, 6.07) is 24.7. The zero-order valence-electron chi connectivity index (χ0n) is 13.6. The number of hydrogen-bond acceptors (Lipinski definition) is 3. The smallest absolute Gasteiger partial charge is 0.158 e. The van der Waals surface area contributed by atoms with Gasteiger partial charge in [0.1, 0.15) is 5.58 Å². The van der Waals surface area contributed by atoms with E-state index < -0.39 is 0 Å². The summed E-state index contributed by atoms with van der Waals surface area (Å²) in [6.45, 7) is 0.721. The van der Waals surface area contributed by atoms with Gasteiger partial charge >= 0.3 is 0 Å². The van der Waals surface area contributed by atoms with Crippen LogP contribution in [0.1, 0.15) is 5.56 Å². The van der Waals surface area contributed by atoms with Crippen molar-refractivity contribution in [3.05, 3.63) is 84.6 Å². The highest BCUT2D eigenvalue weighted by atomic mass is 16.3. The van der Waals surface area contributed by atoms with Gasteiger partial charge in [0.15, 0.2) is 5.58 Å². The molecular formula is C22H16N2O. The number of para-hydroxylation sites is 3. The molecule has 0 radical (unpaired) electrons. The number of nitrogens with zero attached hydrogens (tertiary/aromatic N) is 1. The van der Waals surface area contributed by atoms with E-state index in [4.69, 9.17) is 4.42 Å². The van der Waals surface area contributed by atoms with Crippen LogP contribution in [-0.2, 0) is 6.54 Å². The lowest BCUT2D eigenvalue weighted by Gasteiger charge is -2.09. The molecule has 1 N–H and O–H groups in total. The average molecular weight is 324 g/mol. The number of benzene rings is 3. The van der Waals surface area contributed by atoms with Crippen LogP contribution in [0, 0.1) is 0 Å². The first-order valence-electron chi connectivity index (χ1n) is 8.37. The van der Waals surface area contributed by atoms with Gasteiger partial charge in [-0.3, -0.25) is 4.98 Å². The van der Waals surface area contributed by atoms with E-state index in [0.29, 0.717) is 0 Å². The number of rotatable bonds is 3. The largest absolute Gasteiger partial charge is 0.454 e. The van der Waals surface area contributed by atoms with E-state index in [-0.39, 0.29) is 0 Å². The number of pyridine rings is 1. The van der Waals surface area contributed by atoms with E-state index in [1.807, 2.05) is 42.6 Å². The predicted octanol–water partition coefficient (Wildman–Crippen LogP) is 5.75. The summed E-state index contributed by atoms with van der Waals surface area (Å²) in [5.74, 6) is 0. The molecule has 0 aliphatic rings. The summed E-state index contributed by atoms with van der Waals surface area (Å²) >= 11 is 0. The molecule has 0 atom stereocenters. The summed E-state index contributed by atoms with van der Waals surface area (Å²) in [4.78, 5) is 4.43. The Morgan fingerprint density at radius 2 is 1.56 bits per heavy atom. The molecule has 25 heavy (non-hydrogen) atoms. The number of nitrogens with one attached hydrogen (secondary N) is 1. The van der Waals surface area contributed by atoms with Crippen molar-refractivity contribution >= 4 is 38.5 Å². The third kappa shape index (κ3) is 2.32. The fourth-order valence-electron chi connectivity index (χ4n) is 3.39.